The molecule has 0 aliphatic heterocycles. The van der Waals surface area contributed by atoms with Crippen LogP contribution in [-0.4, -0.2) is 34.0 Å². The highest BCUT2D eigenvalue weighted by molar-refractivity contribution is 7.99. The van der Waals surface area contributed by atoms with Crippen molar-refractivity contribution >= 4 is 41.2 Å². The second kappa shape index (κ2) is 6.36. The zero-order chi connectivity index (χ0) is 12.8. The first kappa shape index (κ1) is 12.8. The van der Waals surface area contributed by atoms with Crippen LogP contribution in [0.25, 0.3) is 12.2 Å². The monoisotopic (exact) mass is 281 g/mol. The summed E-state index contributed by atoms with van der Waals surface area (Å²) in [5.74, 6) is 0.582. The Labute approximate surface area is 112 Å². The Hall–Kier alpha value is -1.60. The Bertz CT molecular complexity index is 534. The fraction of sp³-hybridized carbons (Fsp3) is 0.182. The summed E-state index contributed by atoms with van der Waals surface area (Å²) in [6, 6.07) is 4.01. The topological polar surface area (TPSA) is 67.9 Å². The third kappa shape index (κ3) is 3.71. The number of thioether (sulfide) groups is 1. The van der Waals surface area contributed by atoms with Gasteiger partial charge in [-0.15, -0.1) is 16.4 Å². The van der Waals surface area contributed by atoms with Crippen LogP contribution in [0.15, 0.2) is 22.7 Å². The van der Waals surface area contributed by atoms with Crippen LogP contribution >= 0.6 is 23.1 Å². The van der Waals surface area contributed by atoms with E-state index >= 15 is 0 Å². The molecule has 0 fully saturated rings. The van der Waals surface area contributed by atoms with Crippen molar-refractivity contribution in [3.05, 3.63) is 28.2 Å². The molecule has 0 saturated heterocycles. The highest BCUT2D eigenvalue weighted by Gasteiger charge is 2.06. The lowest BCUT2D eigenvalue weighted by Crippen LogP contribution is -2.03. The van der Waals surface area contributed by atoms with Gasteiger partial charge in [-0.2, -0.15) is 0 Å². The van der Waals surface area contributed by atoms with Gasteiger partial charge < -0.3 is 4.74 Å². The summed E-state index contributed by atoms with van der Waals surface area (Å²) in [5, 5.41) is 9.33. The summed E-state index contributed by atoms with van der Waals surface area (Å²) in [4.78, 5) is 16.3. The number of aromatic amines is 1. The molecule has 2 rings (SSSR count). The van der Waals surface area contributed by atoms with Crippen LogP contribution in [0.1, 0.15) is 10.7 Å². The smallest absolute Gasteiger partial charge is 0.316 e. The van der Waals surface area contributed by atoms with Gasteiger partial charge in [-0.3, -0.25) is 9.89 Å². The average molecular weight is 281 g/mol. The third-order valence-corrected chi connectivity index (χ3v) is 3.64. The largest absolute Gasteiger partial charge is 0.468 e. The summed E-state index contributed by atoms with van der Waals surface area (Å²) in [6.45, 7) is 0. The van der Waals surface area contributed by atoms with Gasteiger partial charge in [-0.05, 0) is 23.6 Å². The van der Waals surface area contributed by atoms with Crippen molar-refractivity contribution in [1.29, 1.82) is 0 Å². The van der Waals surface area contributed by atoms with Crippen LogP contribution in [0.3, 0.4) is 0 Å². The van der Waals surface area contributed by atoms with Crippen molar-refractivity contribution in [1.82, 2.24) is 15.2 Å². The maximum Gasteiger partial charge on any atom is 0.316 e. The number of H-pyrrole nitrogens is 1. The number of aromatic nitrogens is 3. The van der Waals surface area contributed by atoms with E-state index in [-0.39, 0.29) is 11.7 Å². The van der Waals surface area contributed by atoms with Crippen molar-refractivity contribution in [3.63, 3.8) is 0 Å². The zero-order valence-corrected chi connectivity index (χ0v) is 11.3. The lowest BCUT2D eigenvalue weighted by molar-refractivity contribution is -0.137. The van der Waals surface area contributed by atoms with Gasteiger partial charge >= 0.3 is 5.97 Å². The zero-order valence-electron chi connectivity index (χ0n) is 9.62. The molecule has 0 saturated carbocycles. The van der Waals surface area contributed by atoms with Crippen molar-refractivity contribution in [2.45, 2.75) is 5.16 Å². The van der Waals surface area contributed by atoms with Gasteiger partial charge in [-0.1, -0.05) is 17.8 Å². The van der Waals surface area contributed by atoms with Gasteiger partial charge in [0.15, 0.2) is 0 Å². The van der Waals surface area contributed by atoms with Crippen molar-refractivity contribution in [2.24, 2.45) is 0 Å². The van der Waals surface area contributed by atoms with Crippen LogP contribution in [0, 0.1) is 0 Å². The maximum absolute atomic E-state index is 11.0. The molecule has 1 N–H and O–H groups in total. The molecule has 2 heterocycles. The quantitative estimate of drug-likeness (QED) is 0.673. The number of carbonyl (C=O) groups excluding carboxylic acids is 1. The van der Waals surface area contributed by atoms with Crippen molar-refractivity contribution < 1.29 is 9.53 Å². The number of nitrogens with zero attached hydrogens (tertiary/aromatic N) is 2. The molecule has 0 unspecified atom stereocenters. The van der Waals surface area contributed by atoms with Crippen LogP contribution in [-0.2, 0) is 9.53 Å². The molecule has 5 nitrogen and oxygen atoms in total. The van der Waals surface area contributed by atoms with E-state index < -0.39 is 0 Å². The number of methoxy groups -OCH3 is 1. The highest BCUT2D eigenvalue weighted by Crippen LogP contribution is 2.15. The summed E-state index contributed by atoms with van der Waals surface area (Å²) < 4.78 is 4.54. The van der Waals surface area contributed by atoms with Crippen molar-refractivity contribution in [2.75, 3.05) is 12.9 Å². The predicted octanol–water partition coefficient (Wildman–Crippen LogP) is 2.30. The lowest BCUT2D eigenvalue weighted by atomic mass is 10.4. The number of hydrogen-bond acceptors (Lipinski definition) is 6. The summed E-state index contributed by atoms with van der Waals surface area (Å²) in [7, 11) is 1.36. The Kier molecular flexibility index (Phi) is 4.54. The Morgan fingerprint density at radius 3 is 3.22 bits per heavy atom. The SMILES string of the molecule is COC(=O)CSc1n[nH]c(/C=C/c2cccs2)n1. The molecule has 94 valence electrons. The molecule has 0 aliphatic carbocycles. The molecular weight excluding hydrogens is 270 g/mol. The van der Waals surface area contributed by atoms with Crippen LogP contribution in [0.5, 0.6) is 0 Å². The number of rotatable bonds is 5. The third-order valence-electron chi connectivity index (χ3n) is 1.98. The number of nitrogens with one attached hydrogen (secondary N) is 1. The van der Waals surface area contributed by atoms with Crippen LogP contribution in [0.4, 0.5) is 0 Å². The van der Waals surface area contributed by atoms with Gasteiger partial charge in [0.25, 0.3) is 0 Å². The van der Waals surface area contributed by atoms with Gasteiger partial charge in [-0.25, -0.2) is 4.98 Å². The number of carbonyl (C=O) groups is 1. The molecule has 0 amide bonds. The normalized spacial score (nSPS) is 10.9. The molecule has 0 spiro atoms. The summed E-state index contributed by atoms with van der Waals surface area (Å²) in [6.07, 6.45) is 3.81. The van der Waals surface area contributed by atoms with Gasteiger partial charge in [0.2, 0.25) is 5.16 Å². The van der Waals surface area contributed by atoms with E-state index in [1.807, 2.05) is 29.7 Å². The van der Waals surface area contributed by atoms with E-state index in [0.29, 0.717) is 11.0 Å². The van der Waals surface area contributed by atoms with E-state index in [9.17, 15) is 4.79 Å². The molecule has 0 atom stereocenters. The number of hydrogen-bond donors (Lipinski definition) is 1. The predicted molar refractivity (Wildman–Crippen MR) is 72.4 cm³/mol. The molecule has 0 radical (unpaired) electrons. The lowest BCUT2D eigenvalue weighted by Gasteiger charge is -1.93. The van der Waals surface area contributed by atoms with Gasteiger partial charge in [0.1, 0.15) is 5.82 Å². The first-order valence-electron chi connectivity index (χ1n) is 5.11. The minimum absolute atomic E-state index is 0.211. The second-order valence-corrected chi connectivity index (χ2v) is 5.14. The second-order valence-electron chi connectivity index (χ2n) is 3.22. The molecule has 0 aliphatic rings. The summed E-state index contributed by atoms with van der Waals surface area (Å²) in [5.41, 5.74) is 0. The van der Waals surface area contributed by atoms with E-state index in [1.165, 1.54) is 18.9 Å². The standard InChI is InChI=1S/C11H11N3O2S2/c1-16-10(15)7-18-11-12-9(13-14-11)5-4-8-3-2-6-17-8/h2-6H,7H2,1H3,(H,12,13,14)/b5-4+. The van der Waals surface area contributed by atoms with E-state index in [1.54, 1.807) is 11.3 Å². The minimum Gasteiger partial charge on any atom is -0.468 e. The minimum atomic E-state index is -0.291. The Morgan fingerprint density at radius 1 is 1.61 bits per heavy atom. The van der Waals surface area contributed by atoms with Crippen LogP contribution in [0.2, 0.25) is 0 Å². The Morgan fingerprint density at radius 2 is 2.50 bits per heavy atom. The molecule has 7 heteroatoms. The average Bonchev–Trinajstić information content (AvgIpc) is 3.04. The molecule has 0 bridgehead atoms. The van der Waals surface area contributed by atoms with Crippen LogP contribution < -0.4 is 0 Å². The van der Waals surface area contributed by atoms with Gasteiger partial charge in [0, 0.05) is 4.88 Å². The van der Waals surface area contributed by atoms with Gasteiger partial charge in [0.05, 0.1) is 12.9 Å². The van der Waals surface area contributed by atoms with E-state index in [0.717, 1.165) is 4.88 Å². The first-order chi connectivity index (χ1) is 8.78. The van der Waals surface area contributed by atoms with Crippen molar-refractivity contribution in [3.8, 4) is 0 Å². The van der Waals surface area contributed by atoms with E-state index in [4.69, 9.17) is 0 Å². The maximum atomic E-state index is 11.0. The molecular formula is C11H11N3O2S2. The number of esters is 1. The fourth-order valence-electron chi connectivity index (χ4n) is 1.13. The van der Waals surface area contributed by atoms with E-state index in [2.05, 4.69) is 19.9 Å². The number of thiophene rings is 1. The Balaban J connectivity index is 1.92. The number of ether oxygens (including phenoxy) is 1. The first-order valence-corrected chi connectivity index (χ1v) is 6.98. The fourth-order valence-corrected chi connectivity index (χ4v) is 2.38. The molecule has 18 heavy (non-hydrogen) atoms. The molecule has 2 aromatic heterocycles. The summed E-state index contributed by atoms with van der Waals surface area (Å²) >= 11 is 2.89. The molecule has 2 aromatic rings. The highest BCUT2D eigenvalue weighted by atomic mass is 32.2. The molecule has 0 aromatic carbocycles.